The minimum Gasteiger partial charge on any atom is -0.508 e. The Hall–Kier alpha value is -3.20. The molecule has 1 aliphatic heterocycles. The van der Waals surface area contributed by atoms with E-state index in [9.17, 15) is 5.11 Å². The number of phenolic OH excluding ortho intramolecular Hbond substituents is 1. The van der Waals surface area contributed by atoms with Crippen LogP contribution in [0.5, 0.6) is 5.75 Å². The number of aryl methyl sites for hydroxylation is 1. The van der Waals surface area contributed by atoms with Crippen LogP contribution in [0, 0.1) is 6.92 Å². The highest BCUT2D eigenvalue weighted by Crippen LogP contribution is 2.32. The lowest BCUT2D eigenvalue weighted by atomic mass is 10.0. The molecule has 0 spiro atoms. The summed E-state index contributed by atoms with van der Waals surface area (Å²) in [5, 5.41) is 13.3. The molecule has 3 nitrogen and oxygen atoms in total. The minimum absolute atomic E-state index is 0.267. The van der Waals surface area contributed by atoms with E-state index in [-0.39, 0.29) is 5.75 Å². The summed E-state index contributed by atoms with van der Waals surface area (Å²) in [6, 6.07) is 15.7. The predicted octanol–water partition coefficient (Wildman–Crippen LogP) is 6.18. The summed E-state index contributed by atoms with van der Waals surface area (Å²) in [5.74, 6) is 1.24. The van der Waals surface area contributed by atoms with Crippen LogP contribution in [0.2, 0.25) is 0 Å². The van der Waals surface area contributed by atoms with Crippen LogP contribution in [0.1, 0.15) is 31.4 Å². The van der Waals surface area contributed by atoms with Crippen molar-refractivity contribution in [2.45, 2.75) is 27.2 Å². The van der Waals surface area contributed by atoms with Gasteiger partial charge < -0.3 is 15.3 Å². The molecule has 0 aromatic heterocycles. The van der Waals surface area contributed by atoms with E-state index in [1.54, 1.807) is 12.1 Å². The Bertz CT molecular complexity index is 916. The summed E-state index contributed by atoms with van der Waals surface area (Å²) in [7, 11) is 0. The Morgan fingerprint density at radius 3 is 2.33 bits per heavy atom. The lowest BCUT2D eigenvalue weighted by Crippen LogP contribution is -2.24. The lowest BCUT2D eigenvalue weighted by Gasteiger charge is -2.31. The maximum Gasteiger partial charge on any atom is 0.118 e. The summed E-state index contributed by atoms with van der Waals surface area (Å²) in [6.45, 7) is 10.6. The van der Waals surface area contributed by atoms with Crippen molar-refractivity contribution in [2.75, 3.05) is 5.32 Å². The van der Waals surface area contributed by atoms with Gasteiger partial charge in [-0.05, 0) is 61.7 Å². The van der Waals surface area contributed by atoms with Crippen molar-refractivity contribution >= 4 is 11.3 Å². The first-order valence-corrected chi connectivity index (χ1v) is 9.19. The maximum absolute atomic E-state index is 9.66. The highest BCUT2D eigenvalue weighted by molar-refractivity contribution is 5.73. The Morgan fingerprint density at radius 2 is 1.70 bits per heavy atom. The van der Waals surface area contributed by atoms with E-state index in [0.29, 0.717) is 0 Å². The number of anilines is 1. The number of hydrogen-bond donors (Lipinski definition) is 2. The van der Waals surface area contributed by atoms with Crippen LogP contribution < -0.4 is 5.32 Å². The molecule has 2 aromatic carbocycles. The third-order valence-corrected chi connectivity index (χ3v) is 4.74. The molecule has 0 aliphatic carbocycles. The average Bonchev–Trinajstić information content (AvgIpc) is 2.67. The Balaban J connectivity index is 2.11. The third-order valence-electron chi connectivity index (χ3n) is 4.74. The van der Waals surface area contributed by atoms with Crippen molar-refractivity contribution in [1.82, 2.24) is 4.90 Å². The van der Waals surface area contributed by atoms with Crippen molar-refractivity contribution in [1.29, 1.82) is 0 Å². The van der Waals surface area contributed by atoms with Gasteiger partial charge in [-0.25, -0.2) is 0 Å². The molecule has 0 amide bonds. The van der Waals surface area contributed by atoms with Crippen LogP contribution >= 0.6 is 0 Å². The summed E-state index contributed by atoms with van der Waals surface area (Å²) >= 11 is 0. The molecule has 0 saturated heterocycles. The summed E-state index contributed by atoms with van der Waals surface area (Å²) < 4.78 is 0. The number of hydrogen-bond acceptors (Lipinski definition) is 3. The zero-order valence-electron chi connectivity index (χ0n) is 16.2. The second kappa shape index (κ2) is 8.00. The molecule has 27 heavy (non-hydrogen) atoms. The smallest absolute Gasteiger partial charge is 0.118 e. The topological polar surface area (TPSA) is 35.5 Å². The van der Waals surface area contributed by atoms with Gasteiger partial charge >= 0.3 is 0 Å². The fourth-order valence-electron chi connectivity index (χ4n) is 3.08. The van der Waals surface area contributed by atoms with Crippen LogP contribution in [0.4, 0.5) is 5.69 Å². The van der Waals surface area contributed by atoms with Crippen molar-refractivity contribution in [3.63, 3.8) is 0 Å². The Labute approximate surface area is 161 Å². The molecule has 3 rings (SSSR count). The van der Waals surface area contributed by atoms with E-state index in [4.69, 9.17) is 0 Å². The van der Waals surface area contributed by atoms with E-state index >= 15 is 0 Å². The highest BCUT2D eigenvalue weighted by atomic mass is 16.3. The standard InChI is InChI=1S/C24H26N2O/c1-5-23(20-10-14-22(27)15-11-20)24(25-21-12-8-17(2)9-13-21)26-16-6-7-18(3)19(26)4/h6-16,25,27H,4-5H2,1-3H3/b24-23+. The van der Waals surface area contributed by atoms with Gasteiger partial charge in [-0.3, -0.25) is 0 Å². The van der Waals surface area contributed by atoms with Gasteiger partial charge in [-0.2, -0.15) is 0 Å². The monoisotopic (exact) mass is 358 g/mol. The summed E-state index contributed by atoms with van der Waals surface area (Å²) in [6.07, 6.45) is 6.96. The zero-order chi connectivity index (χ0) is 19.4. The number of rotatable bonds is 5. The first kappa shape index (κ1) is 18.6. The molecule has 1 heterocycles. The number of aromatic hydroxyl groups is 1. The molecule has 2 aromatic rings. The fourth-order valence-corrected chi connectivity index (χ4v) is 3.08. The number of allylic oxidation sites excluding steroid dienone is 4. The minimum atomic E-state index is 0.267. The van der Waals surface area contributed by atoms with Crippen LogP contribution in [-0.2, 0) is 0 Å². The Morgan fingerprint density at radius 1 is 1.04 bits per heavy atom. The first-order chi connectivity index (χ1) is 13.0. The maximum atomic E-state index is 9.66. The second-order valence-electron chi connectivity index (χ2n) is 6.73. The van der Waals surface area contributed by atoms with Crippen molar-refractivity contribution < 1.29 is 5.11 Å². The molecule has 1 aliphatic rings. The fraction of sp³-hybridized carbons (Fsp3) is 0.167. The zero-order valence-corrected chi connectivity index (χ0v) is 16.2. The van der Waals surface area contributed by atoms with Gasteiger partial charge in [0, 0.05) is 23.2 Å². The summed E-state index contributed by atoms with van der Waals surface area (Å²) in [4.78, 5) is 2.10. The largest absolute Gasteiger partial charge is 0.508 e. The van der Waals surface area contributed by atoms with E-state index in [2.05, 4.69) is 67.9 Å². The van der Waals surface area contributed by atoms with Crippen LogP contribution in [0.25, 0.3) is 5.57 Å². The number of benzene rings is 2. The van der Waals surface area contributed by atoms with Gasteiger partial charge in [-0.15, -0.1) is 0 Å². The van der Waals surface area contributed by atoms with Gasteiger partial charge in [0.25, 0.3) is 0 Å². The first-order valence-electron chi connectivity index (χ1n) is 9.19. The number of nitrogens with zero attached hydrogens (tertiary/aromatic N) is 1. The van der Waals surface area contributed by atoms with Gasteiger partial charge in [0.1, 0.15) is 11.6 Å². The third kappa shape index (κ3) is 4.14. The molecule has 2 N–H and O–H groups in total. The molecule has 3 heteroatoms. The van der Waals surface area contributed by atoms with Gasteiger partial charge in [0.2, 0.25) is 0 Å². The van der Waals surface area contributed by atoms with Crippen LogP contribution in [-0.4, -0.2) is 10.0 Å². The molecular formula is C24H26N2O. The van der Waals surface area contributed by atoms with E-state index < -0.39 is 0 Å². The van der Waals surface area contributed by atoms with Gasteiger partial charge in [0.15, 0.2) is 0 Å². The average molecular weight is 358 g/mol. The number of phenols is 1. The Kier molecular flexibility index (Phi) is 5.51. The molecule has 138 valence electrons. The van der Waals surface area contributed by atoms with E-state index in [1.165, 1.54) is 5.56 Å². The van der Waals surface area contributed by atoms with Gasteiger partial charge in [-0.1, -0.05) is 49.4 Å². The number of nitrogens with one attached hydrogen (secondary N) is 1. The van der Waals surface area contributed by atoms with Crippen molar-refractivity contribution in [3.05, 3.63) is 102 Å². The summed E-state index contributed by atoms with van der Waals surface area (Å²) in [5.41, 5.74) is 6.53. The highest BCUT2D eigenvalue weighted by Gasteiger charge is 2.19. The van der Waals surface area contributed by atoms with Crippen LogP contribution in [0.15, 0.2) is 90.6 Å². The normalized spacial score (nSPS) is 14.7. The molecule has 0 bridgehead atoms. The van der Waals surface area contributed by atoms with Gasteiger partial charge in [0.05, 0.1) is 0 Å². The quantitative estimate of drug-likeness (QED) is 0.670. The molecular weight excluding hydrogens is 332 g/mol. The SMILES string of the molecule is C=C1C(C)=CC=CN1/C(Nc1ccc(C)cc1)=C(\CC)c1ccc(O)cc1. The molecule has 0 fully saturated rings. The molecule has 0 radical (unpaired) electrons. The van der Waals surface area contributed by atoms with Crippen LogP contribution in [0.3, 0.4) is 0 Å². The second-order valence-corrected chi connectivity index (χ2v) is 6.73. The molecule has 0 unspecified atom stereocenters. The van der Waals surface area contributed by atoms with E-state index in [0.717, 1.165) is 40.3 Å². The van der Waals surface area contributed by atoms with Crippen molar-refractivity contribution in [2.24, 2.45) is 0 Å². The predicted molar refractivity (Wildman–Crippen MR) is 114 cm³/mol. The lowest BCUT2D eigenvalue weighted by molar-refractivity contribution is 0.475. The molecule has 0 saturated carbocycles. The van der Waals surface area contributed by atoms with Crippen molar-refractivity contribution in [3.8, 4) is 5.75 Å². The van der Waals surface area contributed by atoms with E-state index in [1.807, 2.05) is 24.4 Å². The molecule has 0 atom stereocenters.